The van der Waals surface area contributed by atoms with E-state index in [0.29, 0.717) is 49.9 Å². The predicted molar refractivity (Wildman–Crippen MR) is 118 cm³/mol. The first-order chi connectivity index (χ1) is 16.3. The molecule has 4 atom stereocenters. The molecule has 2 bridgehead atoms. The summed E-state index contributed by atoms with van der Waals surface area (Å²) in [6.07, 6.45) is -0.776. The zero-order chi connectivity index (χ0) is 23.6. The Balaban J connectivity index is 1.61. The Kier molecular flexibility index (Phi) is 4.99. The molecule has 0 aromatic carbocycles. The van der Waals surface area contributed by atoms with Crippen LogP contribution in [0.15, 0.2) is 18.3 Å². The van der Waals surface area contributed by atoms with Crippen molar-refractivity contribution >= 4 is 22.5 Å². The number of rotatable bonds is 3. The first-order valence-corrected chi connectivity index (χ1v) is 11.6. The summed E-state index contributed by atoms with van der Waals surface area (Å²) in [5, 5.41) is 20.7. The molecule has 0 radical (unpaired) electrons. The second-order valence-corrected chi connectivity index (χ2v) is 9.45. The Morgan fingerprint density at radius 3 is 2.59 bits per heavy atom. The van der Waals surface area contributed by atoms with Crippen LogP contribution in [-0.4, -0.2) is 74.1 Å². The molecule has 0 spiro atoms. The van der Waals surface area contributed by atoms with Crippen molar-refractivity contribution in [3.63, 3.8) is 0 Å². The molecule has 3 saturated heterocycles. The highest BCUT2D eigenvalue weighted by Gasteiger charge is 2.43. The third-order valence-electron chi connectivity index (χ3n) is 7.25. The monoisotopic (exact) mass is 477 g/mol. The number of aliphatic hydroxyl groups excluding tert-OH is 1. The molecule has 0 amide bonds. The highest BCUT2D eigenvalue weighted by molar-refractivity contribution is 5.95. The lowest BCUT2D eigenvalue weighted by molar-refractivity contribution is -0.140. The van der Waals surface area contributed by atoms with Gasteiger partial charge in [-0.1, -0.05) is 0 Å². The van der Waals surface area contributed by atoms with E-state index in [2.05, 4.69) is 20.2 Å². The molecule has 0 saturated carbocycles. The van der Waals surface area contributed by atoms with Gasteiger partial charge in [0.1, 0.15) is 5.82 Å². The Hall–Kier alpha value is -2.86. The smallest absolute Gasteiger partial charge is 0.393 e. The number of nitrogens with one attached hydrogen (secondary N) is 1. The zero-order valence-corrected chi connectivity index (χ0v) is 18.7. The summed E-state index contributed by atoms with van der Waals surface area (Å²) in [7, 11) is 0. The van der Waals surface area contributed by atoms with Gasteiger partial charge in [-0.15, -0.1) is 0 Å². The normalized spacial score (nSPS) is 27.7. The van der Waals surface area contributed by atoms with Gasteiger partial charge >= 0.3 is 6.18 Å². The quantitative estimate of drug-likeness (QED) is 0.599. The third kappa shape index (κ3) is 3.42. The van der Waals surface area contributed by atoms with Crippen LogP contribution in [0.25, 0.3) is 16.9 Å². The van der Waals surface area contributed by atoms with E-state index in [9.17, 15) is 18.3 Å². The van der Waals surface area contributed by atoms with E-state index < -0.39 is 18.0 Å². The molecule has 3 aromatic rings. The maximum Gasteiger partial charge on any atom is 0.435 e. The van der Waals surface area contributed by atoms with E-state index in [0.717, 1.165) is 12.8 Å². The SMILES string of the molecule is C[C@@H]1C[C@@H](O)CCN1c1cc(N2C3CCC2COC3)nc2c1c(C(F)(F)F)nn2-c1ccn[nH]1. The summed E-state index contributed by atoms with van der Waals surface area (Å²) < 4.78 is 49.7. The Bertz CT molecular complexity index is 1180. The van der Waals surface area contributed by atoms with E-state index in [1.807, 2.05) is 11.8 Å². The fourth-order valence-corrected chi connectivity index (χ4v) is 5.68. The number of nitrogens with zero attached hydrogens (tertiary/aromatic N) is 6. The number of piperidine rings is 1. The molecule has 9 nitrogen and oxygen atoms in total. The van der Waals surface area contributed by atoms with E-state index >= 15 is 0 Å². The fourth-order valence-electron chi connectivity index (χ4n) is 5.68. The van der Waals surface area contributed by atoms with Crippen LogP contribution in [0.3, 0.4) is 0 Å². The molecule has 2 N–H and O–H groups in total. The number of morpholine rings is 1. The number of ether oxygens (including phenoxy) is 1. The van der Waals surface area contributed by atoms with Crippen molar-refractivity contribution in [2.45, 2.75) is 63.0 Å². The molecule has 3 aromatic heterocycles. The van der Waals surface area contributed by atoms with Crippen LogP contribution in [0.5, 0.6) is 0 Å². The lowest BCUT2D eigenvalue weighted by atomic mass is 9.99. The van der Waals surface area contributed by atoms with E-state index in [4.69, 9.17) is 9.72 Å². The minimum Gasteiger partial charge on any atom is -0.393 e. The summed E-state index contributed by atoms with van der Waals surface area (Å²) in [6, 6.07) is 3.49. The summed E-state index contributed by atoms with van der Waals surface area (Å²) >= 11 is 0. The number of aliphatic hydroxyl groups is 1. The lowest BCUT2D eigenvalue weighted by Gasteiger charge is -2.40. The van der Waals surface area contributed by atoms with Crippen LogP contribution in [0.1, 0.15) is 38.3 Å². The number of pyridine rings is 1. The van der Waals surface area contributed by atoms with E-state index in [1.165, 1.54) is 10.9 Å². The van der Waals surface area contributed by atoms with E-state index in [1.54, 1.807) is 12.1 Å². The molecule has 6 heterocycles. The number of halogens is 3. The highest BCUT2D eigenvalue weighted by Crippen LogP contribution is 2.44. The van der Waals surface area contributed by atoms with Crippen molar-refractivity contribution in [1.29, 1.82) is 0 Å². The van der Waals surface area contributed by atoms with Crippen molar-refractivity contribution in [2.24, 2.45) is 0 Å². The van der Waals surface area contributed by atoms with Crippen molar-refractivity contribution in [3.8, 4) is 5.82 Å². The number of hydrogen-bond acceptors (Lipinski definition) is 7. The Morgan fingerprint density at radius 1 is 1.18 bits per heavy atom. The maximum absolute atomic E-state index is 14.3. The van der Waals surface area contributed by atoms with Gasteiger partial charge in [0.2, 0.25) is 0 Å². The maximum atomic E-state index is 14.3. The molecule has 3 aliphatic rings. The van der Waals surface area contributed by atoms with Gasteiger partial charge in [-0.25, -0.2) is 4.98 Å². The van der Waals surface area contributed by atoms with Gasteiger partial charge in [0, 0.05) is 24.7 Å². The van der Waals surface area contributed by atoms with Crippen LogP contribution in [0, 0.1) is 0 Å². The largest absolute Gasteiger partial charge is 0.435 e. The van der Waals surface area contributed by atoms with Crippen molar-refractivity contribution in [1.82, 2.24) is 25.0 Å². The van der Waals surface area contributed by atoms with Gasteiger partial charge < -0.3 is 19.6 Å². The third-order valence-corrected chi connectivity index (χ3v) is 7.25. The number of aromatic amines is 1. The topological polar surface area (TPSA) is 95.3 Å². The van der Waals surface area contributed by atoms with Crippen molar-refractivity contribution in [2.75, 3.05) is 29.6 Å². The van der Waals surface area contributed by atoms with Crippen LogP contribution >= 0.6 is 0 Å². The standard InChI is InChI=1S/C22H26F3N7O2/c1-12-8-15(33)5-7-30(12)16-9-18(31-13-2-3-14(31)11-34-10-13)27-21-19(16)20(22(23,24)25)29-32(21)17-4-6-26-28-17/h4,6,9,12-15,33H,2-3,5,7-8,10-11H2,1H3,(H,26,28)/t12-,13?,14?,15+/m1/s1. The Labute approximate surface area is 193 Å². The van der Waals surface area contributed by atoms with Crippen LogP contribution in [-0.2, 0) is 10.9 Å². The highest BCUT2D eigenvalue weighted by atomic mass is 19.4. The minimum atomic E-state index is -4.67. The van der Waals surface area contributed by atoms with Gasteiger partial charge in [0.15, 0.2) is 17.2 Å². The van der Waals surface area contributed by atoms with Gasteiger partial charge in [0.05, 0.1) is 48.7 Å². The van der Waals surface area contributed by atoms with Gasteiger partial charge in [-0.2, -0.15) is 28.1 Å². The number of anilines is 2. The fraction of sp³-hybridized carbons (Fsp3) is 0.591. The summed E-state index contributed by atoms with van der Waals surface area (Å²) in [5.41, 5.74) is -0.397. The first kappa shape index (κ1) is 21.7. The van der Waals surface area contributed by atoms with Crippen molar-refractivity contribution in [3.05, 3.63) is 24.0 Å². The van der Waals surface area contributed by atoms with Gasteiger partial charge in [-0.05, 0) is 32.6 Å². The summed E-state index contributed by atoms with van der Waals surface area (Å²) in [4.78, 5) is 8.93. The second-order valence-electron chi connectivity index (χ2n) is 9.45. The Morgan fingerprint density at radius 2 is 1.94 bits per heavy atom. The summed E-state index contributed by atoms with van der Waals surface area (Å²) in [5.74, 6) is 0.939. The lowest BCUT2D eigenvalue weighted by Crippen LogP contribution is -2.46. The molecule has 12 heteroatoms. The molecule has 0 aliphatic carbocycles. The van der Waals surface area contributed by atoms with Crippen molar-refractivity contribution < 1.29 is 23.0 Å². The van der Waals surface area contributed by atoms with Crippen LogP contribution < -0.4 is 9.80 Å². The predicted octanol–water partition coefficient (Wildman–Crippen LogP) is 2.88. The van der Waals surface area contributed by atoms with Gasteiger partial charge in [0.25, 0.3) is 0 Å². The van der Waals surface area contributed by atoms with Gasteiger partial charge in [-0.3, -0.25) is 5.10 Å². The van der Waals surface area contributed by atoms with E-state index in [-0.39, 0.29) is 29.2 Å². The number of aromatic nitrogens is 5. The number of H-pyrrole nitrogens is 1. The molecular weight excluding hydrogens is 451 g/mol. The number of alkyl halides is 3. The minimum absolute atomic E-state index is 0.0327. The molecule has 6 rings (SSSR count). The molecule has 3 fully saturated rings. The molecule has 182 valence electrons. The van der Waals surface area contributed by atoms with Crippen LogP contribution in [0.2, 0.25) is 0 Å². The summed E-state index contributed by atoms with van der Waals surface area (Å²) in [6.45, 7) is 3.53. The van der Waals surface area contributed by atoms with Crippen LogP contribution in [0.4, 0.5) is 24.7 Å². The molecule has 34 heavy (non-hydrogen) atoms. The average molecular weight is 477 g/mol. The second kappa shape index (κ2) is 7.84. The average Bonchev–Trinajstić information content (AvgIpc) is 3.49. The molecule has 2 unspecified atom stereocenters. The molecular formula is C22H26F3N7O2. The number of hydrogen-bond donors (Lipinski definition) is 2. The zero-order valence-electron chi connectivity index (χ0n) is 18.7. The first-order valence-electron chi connectivity index (χ1n) is 11.6. The number of fused-ring (bicyclic) bond motifs is 3. The molecule has 3 aliphatic heterocycles.